The molecule has 4 amide bonds. The standard InChI is InChI=1S/C36H46N6O5/c1-5-28(6-2)34(45)41-23-36(24-41)22-40(35(46)29-17-38-42(19-29)18-26-13-9-7-10-14-26)20-30(36)32(43)39-31(33(44)37-4)25(3)47-21-27-15-11-8-12-16-27/h7-17,19,25,28,30-31H,5-6,18,20-24H2,1-4H3,(H,37,44)(H,39,43)/t25-,30+,31+/m1/s1. The molecule has 0 aliphatic carbocycles. The van der Waals surface area contributed by atoms with Crippen LogP contribution in [0.1, 0.15) is 55.1 Å². The SMILES string of the molecule is CCC(CC)C(=O)N1CC2(CN(C(=O)c3cnn(Cc4ccccc4)c3)C[C@H]2C(=O)N[C@H](C(=O)NC)[C@@H](C)OCc2ccccc2)C1. The van der Waals surface area contributed by atoms with Crippen molar-refractivity contribution in [2.75, 3.05) is 33.2 Å². The number of rotatable bonds is 13. The van der Waals surface area contributed by atoms with Crippen molar-refractivity contribution in [3.63, 3.8) is 0 Å². The minimum Gasteiger partial charge on any atom is -0.371 e. The van der Waals surface area contributed by atoms with E-state index in [1.165, 1.54) is 7.05 Å². The van der Waals surface area contributed by atoms with Crippen molar-refractivity contribution < 1.29 is 23.9 Å². The molecule has 2 aliphatic rings. The molecule has 5 rings (SSSR count). The average molecular weight is 643 g/mol. The maximum atomic E-state index is 14.1. The Balaban J connectivity index is 1.32. The fraction of sp³-hybridized carbons (Fsp3) is 0.472. The number of carbonyl (C=O) groups excluding carboxylic acids is 4. The molecule has 3 atom stereocenters. The van der Waals surface area contributed by atoms with E-state index in [9.17, 15) is 19.2 Å². The molecule has 1 spiro atoms. The maximum absolute atomic E-state index is 14.1. The Hall–Kier alpha value is -4.51. The van der Waals surface area contributed by atoms with Crippen molar-refractivity contribution in [1.82, 2.24) is 30.2 Å². The van der Waals surface area contributed by atoms with Crippen molar-refractivity contribution >= 4 is 23.6 Å². The molecule has 11 nitrogen and oxygen atoms in total. The smallest absolute Gasteiger partial charge is 0.257 e. The van der Waals surface area contributed by atoms with Gasteiger partial charge in [-0.25, -0.2) is 0 Å². The van der Waals surface area contributed by atoms with Gasteiger partial charge in [-0.05, 0) is 30.9 Å². The number of nitrogens with one attached hydrogen (secondary N) is 2. The van der Waals surface area contributed by atoms with Gasteiger partial charge >= 0.3 is 0 Å². The normalized spacial score (nSPS) is 18.1. The van der Waals surface area contributed by atoms with Crippen molar-refractivity contribution in [1.29, 1.82) is 0 Å². The second kappa shape index (κ2) is 14.9. The van der Waals surface area contributed by atoms with Gasteiger partial charge < -0.3 is 25.2 Å². The van der Waals surface area contributed by atoms with Crippen LogP contribution in [-0.4, -0.2) is 88.6 Å². The zero-order valence-electron chi connectivity index (χ0n) is 27.7. The van der Waals surface area contributed by atoms with E-state index < -0.39 is 23.5 Å². The fourth-order valence-electron chi connectivity index (χ4n) is 6.79. The number of carbonyl (C=O) groups is 4. The summed E-state index contributed by atoms with van der Waals surface area (Å²) in [5.41, 5.74) is 1.83. The summed E-state index contributed by atoms with van der Waals surface area (Å²) < 4.78 is 7.75. The summed E-state index contributed by atoms with van der Waals surface area (Å²) in [6.45, 7) is 7.83. The number of hydrogen-bond donors (Lipinski definition) is 2. The van der Waals surface area contributed by atoms with E-state index in [0.29, 0.717) is 31.7 Å². The fourth-order valence-corrected chi connectivity index (χ4v) is 6.79. The molecular formula is C36H46N6O5. The summed E-state index contributed by atoms with van der Waals surface area (Å²) in [5.74, 6) is -1.54. The molecule has 2 aliphatic heterocycles. The van der Waals surface area contributed by atoms with Crippen LogP contribution in [0.2, 0.25) is 0 Å². The largest absolute Gasteiger partial charge is 0.371 e. The Labute approximate surface area is 276 Å². The number of aromatic nitrogens is 2. The van der Waals surface area contributed by atoms with Crippen molar-refractivity contribution in [2.24, 2.45) is 17.3 Å². The molecule has 1 aromatic heterocycles. The van der Waals surface area contributed by atoms with Crippen molar-refractivity contribution in [3.8, 4) is 0 Å². The van der Waals surface area contributed by atoms with E-state index in [1.54, 1.807) is 28.9 Å². The number of nitrogens with zero attached hydrogens (tertiary/aromatic N) is 4. The molecule has 250 valence electrons. The number of hydrogen-bond acceptors (Lipinski definition) is 6. The van der Waals surface area contributed by atoms with Crippen LogP contribution >= 0.6 is 0 Å². The molecule has 3 aromatic rings. The minimum atomic E-state index is -0.948. The lowest BCUT2D eigenvalue weighted by atomic mass is 9.70. The minimum absolute atomic E-state index is 0.0746. The van der Waals surface area contributed by atoms with Crippen molar-refractivity contribution in [2.45, 2.75) is 58.9 Å². The lowest BCUT2D eigenvalue weighted by molar-refractivity contribution is -0.154. The molecule has 0 bridgehead atoms. The van der Waals surface area contributed by atoms with E-state index in [-0.39, 0.29) is 42.7 Å². The van der Waals surface area contributed by atoms with Gasteiger partial charge in [0.15, 0.2) is 0 Å². The predicted molar refractivity (Wildman–Crippen MR) is 177 cm³/mol. The summed E-state index contributed by atoms with van der Waals surface area (Å²) in [6.07, 6.45) is 4.15. The Morgan fingerprint density at radius 3 is 2.17 bits per heavy atom. The molecule has 3 heterocycles. The monoisotopic (exact) mass is 642 g/mol. The number of ether oxygens (including phenoxy) is 1. The van der Waals surface area contributed by atoms with Gasteiger partial charge in [-0.3, -0.25) is 23.9 Å². The average Bonchev–Trinajstić information content (AvgIpc) is 3.72. The van der Waals surface area contributed by atoms with Crippen molar-refractivity contribution in [3.05, 3.63) is 89.7 Å². The van der Waals surface area contributed by atoms with Gasteiger partial charge in [0.1, 0.15) is 6.04 Å². The number of likely N-dealkylation sites (N-methyl/N-ethyl adjacent to an activating group) is 1. The highest BCUT2D eigenvalue weighted by Gasteiger charge is 2.59. The van der Waals surface area contributed by atoms with Crippen LogP contribution in [0.4, 0.5) is 0 Å². The lowest BCUT2D eigenvalue weighted by Crippen LogP contribution is -2.66. The van der Waals surface area contributed by atoms with Crippen LogP contribution in [0, 0.1) is 17.3 Å². The molecule has 0 unspecified atom stereocenters. The first-order chi connectivity index (χ1) is 22.7. The van der Waals surface area contributed by atoms with Gasteiger partial charge in [0.2, 0.25) is 17.7 Å². The lowest BCUT2D eigenvalue weighted by Gasteiger charge is -2.51. The van der Waals surface area contributed by atoms with E-state index in [4.69, 9.17) is 4.74 Å². The Bertz CT molecular complexity index is 1530. The van der Waals surface area contributed by atoms with Gasteiger partial charge in [0.05, 0.1) is 36.9 Å². The second-order valence-corrected chi connectivity index (χ2v) is 12.8. The van der Waals surface area contributed by atoms with Gasteiger partial charge in [0, 0.05) is 50.8 Å². The zero-order valence-corrected chi connectivity index (χ0v) is 27.7. The van der Waals surface area contributed by atoms with E-state index in [2.05, 4.69) is 15.7 Å². The van der Waals surface area contributed by atoms with Crippen LogP contribution < -0.4 is 10.6 Å². The molecule has 0 saturated carbocycles. The molecule has 2 saturated heterocycles. The maximum Gasteiger partial charge on any atom is 0.257 e. The number of benzene rings is 2. The van der Waals surface area contributed by atoms with Crippen LogP contribution in [0.5, 0.6) is 0 Å². The molecule has 47 heavy (non-hydrogen) atoms. The molecule has 0 radical (unpaired) electrons. The Morgan fingerprint density at radius 1 is 0.936 bits per heavy atom. The molecule has 2 N–H and O–H groups in total. The summed E-state index contributed by atoms with van der Waals surface area (Å²) in [4.78, 5) is 57.6. The second-order valence-electron chi connectivity index (χ2n) is 12.8. The van der Waals surface area contributed by atoms with Gasteiger partial charge in [-0.1, -0.05) is 74.5 Å². The first kappa shape index (κ1) is 33.8. The molecule has 11 heteroatoms. The predicted octanol–water partition coefficient (Wildman–Crippen LogP) is 3.10. The Kier molecular flexibility index (Phi) is 10.8. The third kappa shape index (κ3) is 7.56. The third-order valence-corrected chi connectivity index (χ3v) is 9.63. The molecule has 2 fully saturated rings. The van der Waals surface area contributed by atoms with E-state index in [1.807, 2.05) is 79.4 Å². The highest BCUT2D eigenvalue weighted by atomic mass is 16.5. The van der Waals surface area contributed by atoms with E-state index in [0.717, 1.165) is 24.0 Å². The summed E-state index contributed by atoms with van der Waals surface area (Å²) in [6, 6.07) is 18.5. The highest BCUT2D eigenvalue weighted by molar-refractivity contribution is 5.95. The zero-order chi connectivity index (χ0) is 33.6. The topological polar surface area (TPSA) is 126 Å². The molecular weight excluding hydrogens is 596 g/mol. The van der Waals surface area contributed by atoms with E-state index >= 15 is 0 Å². The van der Waals surface area contributed by atoms with Gasteiger partial charge in [0.25, 0.3) is 5.91 Å². The first-order valence-electron chi connectivity index (χ1n) is 16.5. The highest BCUT2D eigenvalue weighted by Crippen LogP contribution is 2.45. The van der Waals surface area contributed by atoms with Crippen LogP contribution in [0.15, 0.2) is 73.1 Å². The van der Waals surface area contributed by atoms with Crippen LogP contribution in [0.25, 0.3) is 0 Å². The quantitative estimate of drug-likeness (QED) is 0.295. The number of likely N-dealkylation sites (tertiary alicyclic amines) is 2. The van der Waals surface area contributed by atoms with Crippen LogP contribution in [-0.2, 0) is 32.3 Å². The molecule has 2 aromatic carbocycles. The first-order valence-corrected chi connectivity index (χ1v) is 16.5. The summed E-state index contributed by atoms with van der Waals surface area (Å²) in [5, 5.41) is 10.0. The van der Waals surface area contributed by atoms with Gasteiger partial charge in [-0.2, -0.15) is 5.10 Å². The Morgan fingerprint density at radius 2 is 1.55 bits per heavy atom. The summed E-state index contributed by atoms with van der Waals surface area (Å²) in [7, 11) is 1.52. The summed E-state index contributed by atoms with van der Waals surface area (Å²) >= 11 is 0. The van der Waals surface area contributed by atoms with Crippen LogP contribution in [0.3, 0.4) is 0 Å². The number of amides is 4. The third-order valence-electron chi connectivity index (χ3n) is 9.63. The van der Waals surface area contributed by atoms with Gasteiger partial charge in [-0.15, -0.1) is 0 Å².